The molecule has 1 aliphatic rings. The Morgan fingerprint density at radius 3 is 2.39 bits per heavy atom. The molecule has 2 aromatic heterocycles. The summed E-state index contributed by atoms with van der Waals surface area (Å²) in [6, 6.07) is 2.77. The summed E-state index contributed by atoms with van der Waals surface area (Å²) in [6.45, 7) is 1.91. The van der Waals surface area contributed by atoms with Gasteiger partial charge in [0.05, 0.1) is 16.5 Å². The van der Waals surface area contributed by atoms with E-state index in [0.717, 1.165) is 38.4 Å². The van der Waals surface area contributed by atoms with Crippen LogP contribution in [0.15, 0.2) is 29.2 Å². The second kappa shape index (κ2) is 9.13. The summed E-state index contributed by atoms with van der Waals surface area (Å²) in [4.78, 5) is 43.4. The van der Waals surface area contributed by atoms with Crippen molar-refractivity contribution in [1.29, 1.82) is 0 Å². The van der Waals surface area contributed by atoms with Crippen molar-refractivity contribution in [2.24, 2.45) is 11.5 Å². The molecule has 4 rings (SSSR count). The van der Waals surface area contributed by atoms with E-state index in [1.165, 1.54) is 6.92 Å². The number of hydrogen-bond acceptors (Lipinski definition) is 6. The first kappa shape index (κ1) is 27.1. The number of amides is 2. The number of benzene rings is 1. The minimum atomic E-state index is -5.01. The number of alkyl halides is 3. The van der Waals surface area contributed by atoms with Crippen molar-refractivity contribution in [2.75, 3.05) is 7.11 Å². The Labute approximate surface area is 210 Å². The fourth-order valence-electron chi connectivity index (χ4n) is 4.92. The van der Waals surface area contributed by atoms with Gasteiger partial charge in [0.2, 0.25) is 0 Å². The lowest BCUT2D eigenvalue weighted by Gasteiger charge is -2.33. The van der Waals surface area contributed by atoms with E-state index in [0.29, 0.717) is 0 Å². The summed E-state index contributed by atoms with van der Waals surface area (Å²) in [5.74, 6) is -6.27. The van der Waals surface area contributed by atoms with Gasteiger partial charge in [-0.3, -0.25) is 14.4 Å². The number of fused-ring (bicyclic) bond motifs is 1. The quantitative estimate of drug-likeness (QED) is 0.424. The second-order valence-electron chi connectivity index (χ2n) is 8.99. The van der Waals surface area contributed by atoms with Gasteiger partial charge >= 0.3 is 6.18 Å². The number of hydrogen-bond donors (Lipinski definition) is 3. The van der Waals surface area contributed by atoms with E-state index in [4.69, 9.17) is 20.9 Å². The van der Waals surface area contributed by atoms with Crippen molar-refractivity contribution in [1.82, 2.24) is 9.97 Å². The van der Waals surface area contributed by atoms with E-state index in [-0.39, 0.29) is 27.7 Å². The fraction of sp³-hybridized carbons (Fsp3) is 0.333. The maximum atomic E-state index is 14.5. The molecule has 0 aliphatic carbocycles. The molecular weight excluding hydrogens is 519 g/mol. The van der Waals surface area contributed by atoms with Crippen LogP contribution in [0, 0.1) is 18.6 Å². The van der Waals surface area contributed by atoms with Crippen molar-refractivity contribution in [3.8, 4) is 0 Å². The van der Waals surface area contributed by atoms with Gasteiger partial charge in [-0.05, 0) is 31.0 Å². The van der Waals surface area contributed by atoms with Gasteiger partial charge in [0, 0.05) is 31.0 Å². The number of H-pyrrole nitrogens is 1. The molecule has 14 heteroatoms. The molecule has 3 heterocycles. The van der Waals surface area contributed by atoms with Gasteiger partial charge in [-0.25, -0.2) is 13.8 Å². The highest BCUT2D eigenvalue weighted by Crippen LogP contribution is 2.56. The van der Waals surface area contributed by atoms with Crippen LogP contribution in [0.25, 0.3) is 10.9 Å². The topological polar surface area (TPSA) is 150 Å². The first-order valence-corrected chi connectivity index (χ1v) is 11.0. The average Bonchev–Trinajstić information content (AvgIpc) is 3.15. The van der Waals surface area contributed by atoms with Gasteiger partial charge in [-0.15, -0.1) is 0 Å². The van der Waals surface area contributed by atoms with Crippen LogP contribution in [0.5, 0.6) is 0 Å². The number of nitrogens with two attached hydrogens (primary N) is 2. The summed E-state index contributed by atoms with van der Waals surface area (Å²) < 4.78 is 82.1. The Bertz CT molecular complexity index is 1540. The highest BCUT2D eigenvalue weighted by Gasteiger charge is 2.67. The van der Waals surface area contributed by atoms with Gasteiger partial charge in [0.25, 0.3) is 11.8 Å². The molecule has 0 radical (unpaired) electrons. The number of nitrogens with one attached hydrogen (secondary N) is 1. The first-order chi connectivity index (χ1) is 17.6. The monoisotopic (exact) mass is 540 g/mol. The van der Waals surface area contributed by atoms with E-state index in [1.807, 2.05) is 0 Å². The summed E-state index contributed by atoms with van der Waals surface area (Å²) in [7, 11) is 1.00. The second-order valence-corrected chi connectivity index (χ2v) is 8.99. The highest BCUT2D eigenvalue weighted by molar-refractivity contribution is 6.12. The summed E-state index contributed by atoms with van der Waals surface area (Å²) >= 11 is 0. The molecule has 5 N–H and O–H groups in total. The minimum absolute atomic E-state index is 0.0719. The van der Waals surface area contributed by atoms with Crippen LogP contribution >= 0.6 is 0 Å². The Hall–Kier alpha value is -3.91. The average molecular weight is 540 g/mol. The molecular formula is C24H21F5N4O5. The maximum Gasteiger partial charge on any atom is 0.419 e. The third-order valence-corrected chi connectivity index (χ3v) is 6.81. The molecule has 2 amide bonds. The Morgan fingerprint density at radius 2 is 1.84 bits per heavy atom. The summed E-state index contributed by atoms with van der Waals surface area (Å²) in [5.41, 5.74) is 4.79. The highest BCUT2D eigenvalue weighted by atomic mass is 19.4. The number of rotatable bonds is 5. The van der Waals surface area contributed by atoms with E-state index in [2.05, 4.69) is 9.97 Å². The van der Waals surface area contributed by atoms with Crippen molar-refractivity contribution in [3.63, 3.8) is 0 Å². The minimum Gasteiger partial charge on any atom is -0.377 e. The van der Waals surface area contributed by atoms with Crippen LogP contribution in [0.2, 0.25) is 0 Å². The number of primary amides is 2. The van der Waals surface area contributed by atoms with Gasteiger partial charge in [-0.1, -0.05) is 6.07 Å². The third kappa shape index (κ3) is 4.00. The Balaban J connectivity index is 2.06. The standard InChI is InChI=1S/C24H21F5N4O5/c1-8-9(4-5-11(25)16(8)26)14-19(38-23(2,20(14)37-3)24(27,28)29)12-6-13(34)10-7-32-18(22(31)36)15(21(30)35)17(10)33-12/h4-7,14,19-20H,1-3H3,(H2,30,35)(H2,31,36)(H,33,34)/t14-,19-,20-,23+/m0/s1. The van der Waals surface area contributed by atoms with Crippen LogP contribution < -0.4 is 16.9 Å². The van der Waals surface area contributed by atoms with Gasteiger partial charge in [-0.2, -0.15) is 13.2 Å². The van der Waals surface area contributed by atoms with E-state index in [9.17, 15) is 36.3 Å². The Kier molecular flexibility index (Phi) is 6.52. The lowest BCUT2D eigenvalue weighted by molar-refractivity contribution is -0.286. The summed E-state index contributed by atoms with van der Waals surface area (Å²) in [6.07, 6.45) is -7.50. The van der Waals surface area contributed by atoms with Crippen LogP contribution in [-0.2, 0) is 9.47 Å². The van der Waals surface area contributed by atoms with Crippen molar-refractivity contribution in [2.45, 2.75) is 43.8 Å². The summed E-state index contributed by atoms with van der Waals surface area (Å²) in [5, 5.41) is -0.215. The molecule has 3 aromatic rings. The zero-order valence-electron chi connectivity index (χ0n) is 20.1. The molecule has 1 saturated heterocycles. The molecule has 1 aromatic carbocycles. The molecule has 0 spiro atoms. The molecule has 4 atom stereocenters. The largest absolute Gasteiger partial charge is 0.419 e. The molecule has 0 saturated carbocycles. The molecule has 0 bridgehead atoms. The number of nitrogens with zero attached hydrogens (tertiary/aromatic N) is 1. The number of aromatic nitrogens is 2. The fourth-order valence-corrected chi connectivity index (χ4v) is 4.92. The number of carbonyl (C=O) groups is 2. The van der Waals surface area contributed by atoms with Crippen molar-refractivity contribution in [3.05, 3.63) is 74.3 Å². The predicted octanol–water partition coefficient (Wildman–Crippen LogP) is 2.90. The molecule has 202 valence electrons. The van der Waals surface area contributed by atoms with Crippen LogP contribution in [0.1, 0.15) is 56.6 Å². The molecule has 38 heavy (non-hydrogen) atoms. The first-order valence-electron chi connectivity index (χ1n) is 11.0. The van der Waals surface area contributed by atoms with Crippen LogP contribution in [-0.4, -0.2) is 46.8 Å². The van der Waals surface area contributed by atoms with Crippen LogP contribution in [0.3, 0.4) is 0 Å². The SMILES string of the molecule is CO[C@H]1[C@@H](c2ccc(F)c(F)c2C)[C@H](c2cc(=O)c3cnc(C(N)=O)c(C(N)=O)c3[nH]2)O[C@@]1(C)C(F)(F)F. The molecule has 9 nitrogen and oxygen atoms in total. The van der Waals surface area contributed by atoms with Gasteiger partial charge in [0.1, 0.15) is 17.9 Å². The molecule has 1 aliphatic heterocycles. The number of aromatic amines is 1. The van der Waals surface area contributed by atoms with Gasteiger partial charge < -0.3 is 25.9 Å². The van der Waals surface area contributed by atoms with E-state index >= 15 is 0 Å². The van der Waals surface area contributed by atoms with Crippen molar-refractivity contribution < 1.29 is 41.0 Å². The third-order valence-electron chi connectivity index (χ3n) is 6.81. The van der Waals surface area contributed by atoms with E-state index < -0.39 is 70.0 Å². The molecule has 0 unspecified atom stereocenters. The van der Waals surface area contributed by atoms with E-state index in [1.54, 1.807) is 0 Å². The lowest BCUT2D eigenvalue weighted by Crippen LogP contribution is -2.51. The smallest absolute Gasteiger partial charge is 0.377 e. The number of pyridine rings is 2. The normalized spacial score (nSPS) is 23.6. The predicted molar refractivity (Wildman–Crippen MR) is 122 cm³/mol. The zero-order valence-corrected chi connectivity index (χ0v) is 20.1. The van der Waals surface area contributed by atoms with Gasteiger partial charge in [0.15, 0.2) is 22.7 Å². The lowest BCUT2D eigenvalue weighted by atomic mass is 9.81. The zero-order chi connectivity index (χ0) is 28.3. The van der Waals surface area contributed by atoms with Crippen LogP contribution in [0.4, 0.5) is 22.0 Å². The Morgan fingerprint density at radius 1 is 1.18 bits per heavy atom. The number of halogens is 5. The number of methoxy groups -OCH3 is 1. The maximum absolute atomic E-state index is 14.5. The van der Waals surface area contributed by atoms with Crippen molar-refractivity contribution >= 4 is 22.7 Å². The molecule has 1 fully saturated rings. The number of ether oxygens (including phenoxy) is 2. The number of carbonyl (C=O) groups excluding carboxylic acids is 2.